The molecule has 0 aromatic rings. The Morgan fingerprint density at radius 3 is 1.70 bits per heavy atom. The Hall–Kier alpha value is 0.558. The summed E-state index contributed by atoms with van der Waals surface area (Å²) in [5.41, 5.74) is 1.25. The summed E-state index contributed by atoms with van der Waals surface area (Å²) in [5, 5.41) is 0. The summed E-state index contributed by atoms with van der Waals surface area (Å²) in [6.45, 7) is 0. The number of nitrogens with zero attached hydrogens (tertiary/aromatic N) is 2. The van der Waals surface area contributed by atoms with Crippen LogP contribution >= 0.6 is 8.20 Å². The molecule has 0 aromatic heterocycles. The Morgan fingerprint density at radius 1 is 1.20 bits per heavy atom. The van der Waals surface area contributed by atoms with Gasteiger partial charge in [0.2, 0.25) is 0 Å². The van der Waals surface area contributed by atoms with Crippen LogP contribution in [0.15, 0.2) is 0 Å². The van der Waals surface area contributed by atoms with Crippen LogP contribution in [-0.2, 0) is 19.2 Å². The molecule has 4 heteroatoms. The summed E-state index contributed by atoms with van der Waals surface area (Å²) in [6.07, 6.45) is 0. The molecule has 0 saturated heterocycles. The van der Waals surface area contributed by atoms with Gasteiger partial charge in [-0.1, -0.05) is 0 Å². The van der Waals surface area contributed by atoms with Gasteiger partial charge in [0.15, 0.2) is 0 Å². The van der Waals surface area contributed by atoms with Crippen LogP contribution in [0, 0.1) is 3.94 Å². The van der Waals surface area contributed by atoms with Gasteiger partial charge < -0.3 is 0 Å². The predicted molar refractivity (Wildman–Crippen MR) is 43.2 cm³/mol. The summed E-state index contributed by atoms with van der Waals surface area (Å²) in [4.78, 5) is 4.19. The maximum atomic E-state index is 3.09. The van der Waals surface area contributed by atoms with Crippen LogP contribution in [0.4, 0.5) is 0 Å². The standard InChI is InChI=1S/C6H12N2P.Mo/c1-7(2)6(9-5)8(3)4;/h1-4H3;/q;+1. The van der Waals surface area contributed by atoms with E-state index in [-0.39, 0.29) is 0 Å². The fourth-order valence-corrected chi connectivity index (χ4v) is 1.72. The first-order valence-electron chi connectivity index (χ1n) is 2.89. The molecule has 0 aliphatic heterocycles. The van der Waals surface area contributed by atoms with Crippen LogP contribution in [0.25, 0.3) is 0 Å². The summed E-state index contributed by atoms with van der Waals surface area (Å²) in [7, 11) is 9.32. The molecule has 0 spiro atoms. The molecule has 0 saturated carbocycles. The molecule has 2 nitrogen and oxygen atoms in total. The van der Waals surface area contributed by atoms with Gasteiger partial charge in [0, 0.05) is 0 Å². The average Bonchev–Trinajstić information content (AvgIpc) is 1.81. The van der Waals surface area contributed by atoms with Crippen molar-refractivity contribution in [3.8, 4) is 3.94 Å². The van der Waals surface area contributed by atoms with Crippen molar-refractivity contribution in [2.75, 3.05) is 28.2 Å². The topological polar surface area (TPSA) is 6.48 Å². The third-order valence-corrected chi connectivity index (χ3v) is 2.71. The molecular formula is C6H12MoN2P+. The molecule has 0 aliphatic rings. The van der Waals surface area contributed by atoms with Crippen molar-refractivity contribution >= 4 is 13.7 Å². The molecular weight excluding hydrogens is 227 g/mol. The number of hydrogen-bond donors (Lipinski definition) is 0. The molecule has 0 fully saturated rings. The third-order valence-electron chi connectivity index (χ3n) is 0.946. The molecule has 0 N–H and O–H groups in total. The van der Waals surface area contributed by atoms with Gasteiger partial charge in [-0.3, -0.25) is 0 Å². The third kappa shape index (κ3) is 3.66. The molecule has 10 heavy (non-hydrogen) atoms. The minimum absolute atomic E-state index is 1.15. The van der Waals surface area contributed by atoms with Crippen molar-refractivity contribution < 1.29 is 19.2 Å². The van der Waals surface area contributed by atoms with Crippen LogP contribution in [-0.4, -0.2) is 43.5 Å². The van der Waals surface area contributed by atoms with Crippen molar-refractivity contribution in [3.05, 3.63) is 0 Å². The second kappa shape index (κ2) is 5.24. The van der Waals surface area contributed by atoms with Crippen LogP contribution in [0.3, 0.4) is 0 Å². The van der Waals surface area contributed by atoms with Gasteiger partial charge in [0.05, 0.1) is 0 Å². The van der Waals surface area contributed by atoms with Crippen molar-refractivity contribution in [1.82, 2.24) is 9.80 Å². The van der Waals surface area contributed by atoms with E-state index in [9.17, 15) is 0 Å². The fourth-order valence-electron chi connectivity index (χ4n) is 0.641. The molecule has 0 bridgehead atoms. The quantitative estimate of drug-likeness (QED) is 0.514. The molecule has 0 unspecified atom stereocenters. The first-order valence-corrected chi connectivity index (χ1v) is 4.79. The molecule has 0 aliphatic carbocycles. The van der Waals surface area contributed by atoms with Gasteiger partial charge >= 0.3 is 74.8 Å². The Labute approximate surface area is 75.0 Å². The van der Waals surface area contributed by atoms with E-state index < -0.39 is 0 Å². The van der Waals surface area contributed by atoms with Crippen LogP contribution < -0.4 is 0 Å². The fraction of sp³-hybridized carbons (Fsp3) is 0.667. The van der Waals surface area contributed by atoms with E-state index in [2.05, 4.69) is 13.7 Å². The Morgan fingerprint density at radius 2 is 1.60 bits per heavy atom. The molecule has 56 valence electrons. The molecule has 0 rings (SSSR count). The van der Waals surface area contributed by atoms with Gasteiger partial charge in [-0.2, -0.15) is 0 Å². The average molecular weight is 239 g/mol. The summed E-state index contributed by atoms with van der Waals surface area (Å²) < 4.78 is 3.09. The number of rotatable bonds is 2. The predicted octanol–water partition coefficient (Wildman–Crippen LogP) is 0.607. The van der Waals surface area contributed by atoms with E-state index in [0.29, 0.717) is 0 Å². The van der Waals surface area contributed by atoms with E-state index in [1.54, 1.807) is 0 Å². The van der Waals surface area contributed by atoms with Gasteiger partial charge in [-0.25, -0.2) is 0 Å². The van der Waals surface area contributed by atoms with E-state index in [1.165, 1.54) is 5.54 Å². The van der Waals surface area contributed by atoms with E-state index in [0.717, 1.165) is 8.20 Å². The van der Waals surface area contributed by atoms with Crippen molar-refractivity contribution in [1.29, 1.82) is 0 Å². The second-order valence-electron chi connectivity index (χ2n) is 2.29. The Balaban J connectivity index is 4.30. The monoisotopic (exact) mass is 241 g/mol. The Bertz CT molecular complexity index is 159. The Kier molecular flexibility index (Phi) is 5.53. The van der Waals surface area contributed by atoms with Gasteiger partial charge in [-0.15, -0.1) is 0 Å². The summed E-state index contributed by atoms with van der Waals surface area (Å²) in [5.74, 6) is 0. The summed E-state index contributed by atoms with van der Waals surface area (Å²) >= 11 is 1.87. The van der Waals surface area contributed by atoms with Crippen molar-refractivity contribution in [2.24, 2.45) is 0 Å². The van der Waals surface area contributed by atoms with E-state index in [4.69, 9.17) is 0 Å². The van der Waals surface area contributed by atoms with Crippen LogP contribution in [0.1, 0.15) is 0 Å². The first-order chi connectivity index (χ1) is 4.59. The molecule has 0 aromatic carbocycles. The summed E-state index contributed by atoms with van der Waals surface area (Å²) in [6, 6.07) is 0. The zero-order valence-electron chi connectivity index (χ0n) is 6.75. The molecule has 0 heterocycles. The van der Waals surface area contributed by atoms with Crippen LogP contribution in [0.5, 0.6) is 0 Å². The first kappa shape index (κ1) is 10.6. The minimum atomic E-state index is 1.15. The maximum absolute atomic E-state index is 3.09. The van der Waals surface area contributed by atoms with Crippen molar-refractivity contribution in [3.63, 3.8) is 0 Å². The molecule has 0 amide bonds. The zero-order chi connectivity index (χ0) is 8.15. The van der Waals surface area contributed by atoms with E-state index in [1.807, 2.05) is 47.3 Å². The normalized spacial score (nSPS) is 10.5. The zero-order valence-corrected chi connectivity index (χ0v) is 9.65. The molecule has 0 atom stereocenters. The SMILES string of the molecule is CN(C)C(=P[C]#[Mo+])N(C)C. The second-order valence-corrected chi connectivity index (χ2v) is 4.44. The van der Waals surface area contributed by atoms with Gasteiger partial charge in [0.25, 0.3) is 0 Å². The van der Waals surface area contributed by atoms with E-state index >= 15 is 0 Å². The van der Waals surface area contributed by atoms with Gasteiger partial charge in [-0.05, 0) is 0 Å². The number of hydrogen-bond acceptors (Lipinski definition) is 0. The molecule has 0 radical (unpaired) electrons. The van der Waals surface area contributed by atoms with Crippen LogP contribution in [0.2, 0.25) is 0 Å². The van der Waals surface area contributed by atoms with Gasteiger partial charge in [0.1, 0.15) is 0 Å². The van der Waals surface area contributed by atoms with Crippen molar-refractivity contribution in [2.45, 2.75) is 0 Å².